The van der Waals surface area contributed by atoms with Crippen LogP contribution in [-0.2, 0) is 0 Å². The second-order valence-electron chi connectivity index (χ2n) is 5.58. The molecular formula is C16H20N4O. The summed E-state index contributed by atoms with van der Waals surface area (Å²) in [6.07, 6.45) is 3.33. The minimum atomic E-state index is 0.0595. The number of carbonyl (C=O) groups is 1. The highest BCUT2D eigenvalue weighted by Gasteiger charge is 2.25. The lowest BCUT2D eigenvalue weighted by Gasteiger charge is -2.21. The summed E-state index contributed by atoms with van der Waals surface area (Å²) < 4.78 is 1.63. The SMILES string of the molecule is Cc1ccc(-n2ncc(C(=O)C3CCNCC3)c2N)cc1. The smallest absolute Gasteiger partial charge is 0.171 e. The van der Waals surface area contributed by atoms with Gasteiger partial charge in [-0.05, 0) is 45.0 Å². The van der Waals surface area contributed by atoms with Crippen LogP contribution in [0.5, 0.6) is 0 Å². The van der Waals surface area contributed by atoms with Crippen LogP contribution in [0, 0.1) is 12.8 Å². The second-order valence-corrected chi connectivity index (χ2v) is 5.58. The quantitative estimate of drug-likeness (QED) is 0.845. The Bertz CT molecular complexity index is 639. The van der Waals surface area contributed by atoms with E-state index in [1.165, 1.54) is 5.56 Å². The largest absolute Gasteiger partial charge is 0.383 e. The van der Waals surface area contributed by atoms with Crippen molar-refractivity contribution in [1.29, 1.82) is 0 Å². The maximum atomic E-state index is 12.6. The number of aromatic nitrogens is 2. The Labute approximate surface area is 124 Å². The fourth-order valence-corrected chi connectivity index (χ4v) is 2.74. The third-order valence-electron chi connectivity index (χ3n) is 4.06. The highest BCUT2D eigenvalue weighted by Crippen LogP contribution is 2.24. The Morgan fingerprint density at radius 2 is 1.95 bits per heavy atom. The fraction of sp³-hybridized carbons (Fsp3) is 0.375. The van der Waals surface area contributed by atoms with E-state index in [1.807, 2.05) is 31.2 Å². The van der Waals surface area contributed by atoms with Crippen LogP contribution in [0.4, 0.5) is 5.82 Å². The number of nitrogens with two attached hydrogens (primary N) is 1. The standard InChI is InChI=1S/C16H20N4O/c1-11-2-4-13(5-3-11)20-16(17)14(10-19-20)15(21)12-6-8-18-9-7-12/h2-5,10,12,18H,6-9,17H2,1H3. The van der Waals surface area contributed by atoms with Crippen molar-refractivity contribution in [2.75, 3.05) is 18.8 Å². The van der Waals surface area contributed by atoms with Gasteiger partial charge in [0.05, 0.1) is 17.4 Å². The summed E-state index contributed by atoms with van der Waals surface area (Å²) in [4.78, 5) is 12.6. The van der Waals surface area contributed by atoms with Gasteiger partial charge in [-0.2, -0.15) is 5.10 Å². The number of nitrogen functional groups attached to an aromatic ring is 1. The minimum absolute atomic E-state index is 0.0595. The molecule has 3 rings (SSSR count). The molecule has 0 radical (unpaired) electrons. The molecule has 1 fully saturated rings. The van der Waals surface area contributed by atoms with Gasteiger partial charge in [0, 0.05) is 5.92 Å². The number of rotatable bonds is 3. The number of aryl methyl sites for hydroxylation is 1. The van der Waals surface area contributed by atoms with Crippen LogP contribution in [0.1, 0.15) is 28.8 Å². The number of benzene rings is 1. The van der Waals surface area contributed by atoms with Crippen LogP contribution in [0.25, 0.3) is 5.69 Å². The number of piperidine rings is 1. The summed E-state index contributed by atoms with van der Waals surface area (Å²) in [7, 11) is 0. The number of Topliss-reactive ketones (excluding diaryl/α,β-unsaturated/α-hetero) is 1. The summed E-state index contributed by atoms with van der Waals surface area (Å²) >= 11 is 0. The molecule has 5 heteroatoms. The first-order chi connectivity index (χ1) is 10.2. The average molecular weight is 284 g/mol. The van der Waals surface area contributed by atoms with Crippen LogP contribution in [-0.4, -0.2) is 28.7 Å². The Hall–Kier alpha value is -2.14. The fourth-order valence-electron chi connectivity index (χ4n) is 2.74. The van der Waals surface area contributed by atoms with Crippen LogP contribution < -0.4 is 11.1 Å². The minimum Gasteiger partial charge on any atom is -0.383 e. The second kappa shape index (κ2) is 5.69. The zero-order valence-corrected chi connectivity index (χ0v) is 12.2. The van der Waals surface area contributed by atoms with Crippen molar-refractivity contribution in [1.82, 2.24) is 15.1 Å². The predicted octanol–water partition coefficient (Wildman–Crippen LogP) is 1.95. The van der Waals surface area contributed by atoms with E-state index in [0.717, 1.165) is 31.6 Å². The van der Waals surface area contributed by atoms with Gasteiger partial charge in [0.2, 0.25) is 0 Å². The number of ketones is 1. The Morgan fingerprint density at radius 1 is 1.29 bits per heavy atom. The topological polar surface area (TPSA) is 72.9 Å². The lowest BCUT2D eigenvalue weighted by molar-refractivity contribution is 0.0896. The van der Waals surface area contributed by atoms with Gasteiger partial charge in [-0.3, -0.25) is 4.79 Å². The van der Waals surface area contributed by atoms with E-state index in [9.17, 15) is 4.79 Å². The van der Waals surface area contributed by atoms with Gasteiger partial charge in [-0.25, -0.2) is 4.68 Å². The van der Waals surface area contributed by atoms with Gasteiger partial charge in [0.25, 0.3) is 0 Å². The summed E-state index contributed by atoms with van der Waals surface area (Å²) in [5.74, 6) is 0.610. The molecule has 110 valence electrons. The molecule has 1 aliphatic heterocycles. The maximum Gasteiger partial charge on any atom is 0.171 e. The summed E-state index contributed by atoms with van der Waals surface area (Å²) in [5, 5.41) is 7.55. The number of nitrogens with zero attached hydrogens (tertiary/aromatic N) is 2. The Balaban J connectivity index is 1.88. The average Bonchev–Trinajstić information content (AvgIpc) is 2.90. The molecule has 1 aromatic heterocycles. The van der Waals surface area contributed by atoms with Gasteiger partial charge in [0.1, 0.15) is 5.82 Å². The summed E-state index contributed by atoms with van der Waals surface area (Å²) in [6, 6.07) is 7.92. The van der Waals surface area contributed by atoms with Crippen LogP contribution in [0.15, 0.2) is 30.5 Å². The summed E-state index contributed by atoms with van der Waals surface area (Å²) in [6.45, 7) is 3.81. The van der Waals surface area contributed by atoms with E-state index < -0.39 is 0 Å². The van der Waals surface area contributed by atoms with E-state index >= 15 is 0 Å². The zero-order chi connectivity index (χ0) is 14.8. The molecule has 1 aromatic carbocycles. The number of carbonyl (C=O) groups excluding carboxylic acids is 1. The highest BCUT2D eigenvalue weighted by molar-refractivity contribution is 6.01. The summed E-state index contributed by atoms with van der Waals surface area (Å²) in [5.41, 5.74) is 8.74. The molecule has 0 amide bonds. The first-order valence-electron chi connectivity index (χ1n) is 7.32. The van der Waals surface area contributed by atoms with E-state index in [4.69, 9.17) is 5.73 Å². The van der Waals surface area contributed by atoms with Crippen LogP contribution >= 0.6 is 0 Å². The molecule has 1 saturated heterocycles. The zero-order valence-electron chi connectivity index (χ0n) is 12.2. The van der Waals surface area contributed by atoms with Crippen molar-refractivity contribution < 1.29 is 4.79 Å². The molecule has 1 aliphatic rings. The van der Waals surface area contributed by atoms with Gasteiger partial charge < -0.3 is 11.1 Å². The maximum absolute atomic E-state index is 12.6. The first kappa shape index (κ1) is 13.8. The molecule has 3 N–H and O–H groups in total. The number of nitrogens with one attached hydrogen (secondary N) is 1. The first-order valence-corrected chi connectivity index (χ1v) is 7.32. The lowest BCUT2D eigenvalue weighted by atomic mass is 9.90. The molecule has 0 saturated carbocycles. The molecule has 0 aliphatic carbocycles. The molecule has 5 nitrogen and oxygen atoms in total. The van der Waals surface area contributed by atoms with Crippen LogP contribution in [0.3, 0.4) is 0 Å². The van der Waals surface area contributed by atoms with Gasteiger partial charge in [-0.15, -0.1) is 0 Å². The van der Waals surface area contributed by atoms with Crippen molar-refractivity contribution in [3.05, 3.63) is 41.6 Å². The van der Waals surface area contributed by atoms with Crippen molar-refractivity contribution in [3.63, 3.8) is 0 Å². The van der Waals surface area contributed by atoms with E-state index in [1.54, 1.807) is 10.9 Å². The lowest BCUT2D eigenvalue weighted by Crippen LogP contribution is -2.32. The third-order valence-corrected chi connectivity index (χ3v) is 4.06. The molecule has 0 unspecified atom stereocenters. The van der Waals surface area contributed by atoms with Gasteiger partial charge in [0.15, 0.2) is 5.78 Å². The van der Waals surface area contributed by atoms with Gasteiger partial charge in [-0.1, -0.05) is 17.7 Å². The van der Waals surface area contributed by atoms with E-state index in [0.29, 0.717) is 11.4 Å². The molecule has 0 atom stereocenters. The highest BCUT2D eigenvalue weighted by atomic mass is 16.1. The third kappa shape index (κ3) is 2.69. The molecule has 2 aromatic rings. The van der Waals surface area contributed by atoms with Gasteiger partial charge >= 0.3 is 0 Å². The van der Waals surface area contributed by atoms with Crippen molar-refractivity contribution in [2.45, 2.75) is 19.8 Å². The Morgan fingerprint density at radius 3 is 2.62 bits per heavy atom. The van der Waals surface area contributed by atoms with E-state index in [-0.39, 0.29) is 11.7 Å². The predicted molar refractivity (Wildman–Crippen MR) is 82.6 cm³/mol. The Kier molecular flexibility index (Phi) is 3.75. The monoisotopic (exact) mass is 284 g/mol. The van der Waals surface area contributed by atoms with Crippen LogP contribution in [0.2, 0.25) is 0 Å². The van der Waals surface area contributed by atoms with E-state index in [2.05, 4.69) is 10.4 Å². The molecule has 0 spiro atoms. The molecule has 2 heterocycles. The number of anilines is 1. The molecular weight excluding hydrogens is 264 g/mol. The molecule has 21 heavy (non-hydrogen) atoms. The van der Waals surface area contributed by atoms with Crippen molar-refractivity contribution in [2.24, 2.45) is 5.92 Å². The normalized spacial score (nSPS) is 16.0. The number of hydrogen-bond acceptors (Lipinski definition) is 4. The van der Waals surface area contributed by atoms with Crippen molar-refractivity contribution in [3.8, 4) is 5.69 Å². The number of hydrogen-bond donors (Lipinski definition) is 2. The van der Waals surface area contributed by atoms with Crippen molar-refractivity contribution >= 4 is 11.6 Å². The molecule has 0 bridgehead atoms.